The summed E-state index contributed by atoms with van der Waals surface area (Å²) in [6.07, 6.45) is 4.97. The summed E-state index contributed by atoms with van der Waals surface area (Å²) in [5.74, 6) is 0.538. The summed E-state index contributed by atoms with van der Waals surface area (Å²) >= 11 is 0. The van der Waals surface area contributed by atoms with Gasteiger partial charge in [0.1, 0.15) is 11.5 Å². The topological polar surface area (TPSA) is 70.7 Å². The molecular formula is C11H12N4O. The minimum absolute atomic E-state index is 0.186. The van der Waals surface area contributed by atoms with E-state index in [9.17, 15) is 4.79 Å². The van der Waals surface area contributed by atoms with Gasteiger partial charge in [-0.2, -0.15) is 0 Å². The number of rotatable bonds is 3. The maximum atomic E-state index is 11.7. The van der Waals surface area contributed by atoms with Crippen molar-refractivity contribution >= 4 is 5.91 Å². The van der Waals surface area contributed by atoms with Crippen molar-refractivity contribution in [2.75, 3.05) is 0 Å². The Labute approximate surface area is 92.9 Å². The number of nitrogens with one attached hydrogen (secondary N) is 2. The molecular weight excluding hydrogens is 204 g/mol. The normalized spacial score (nSPS) is 10.1. The summed E-state index contributed by atoms with van der Waals surface area (Å²) in [6, 6.07) is 3.66. The molecule has 2 heterocycles. The number of nitrogens with zero attached hydrogens (tertiary/aromatic N) is 2. The third-order valence-corrected chi connectivity index (χ3v) is 2.20. The van der Waals surface area contributed by atoms with Crippen molar-refractivity contribution in [3.63, 3.8) is 0 Å². The Hall–Kier alpha value is -2.17. The van der Waals surface area contributed by atoms with E-state index in [0.29, 0.717) is 12.2 Å². The van der Waals surface area contributed by atoms with Gasteiger partial charge < -0.3 is 10.3 Å². The molecule has 0 saturated carbocycles. The average Bonchev–Trinajstić information content (AvgIpc) is 2.79. The van der Waals surface area contributed by atoms with Gasteiger partial charge in [-0.3, -0.25) is 9.78 Å². The number of pyridine rings is 1. The number of aromatic nitrogens is 3. The number of H-pyrrole nitrogens is 1. The summed E-state index contributed by atoms with van der Waals surface area (Å²) in [5, 5.41) is 2.75. The second-order valence-corrected chi connectivity index (χ2v) is 3.39. The van der Waals surface area contributed by atoms with E-state index in [2.05, 4.69) is 20.3 Å². The van der Waals surface area contributed by atoms with E-state index >= 15 is 0 Å². The average molecular weight is 216 g/mol. The highest BCUT2D eigenvalue weighted by Gasteiger charge is 2.09. The molecule has 0 aliphatic heterocycles. The second-order valence-electron chi connectivity index (χ2n) is 3.39. The minimum Gasteiger partial charge on any atom is -0.347 e. The van der Waals surface area contributed by atoms with Crippen molar-refractivity contribution in [3.05, 3.63) is 47.8 Å². The summed E-state index contributed by atoms with van der Waals surface area (Å²) in [6.45, 7) is 2.23. The van der Waals surface area contributed by atoms with Crippen molar-refractivity contribution in [2.24, 2.45) is 0 Å². The molecule has 2 aromatic heterocycles. The van der Waals surface area contributed by atoms with E-state index in [1.807, 2.05) is 13.0 Å². The molecule has 16 heavy (non-hydrogen) atoms. The summed E-state index contributed by atoms with van der Waals surface area (Å²) < 4.78 is 0. The molecule has 1 amide bonds. The lowest BCUT2D eigenvalue weighted by atomic mass is 10.2. The van der Waals surface area contributed by atoms with Crippen LogP contribution in [0.2, 0.25) is 0 Å². The van der Waals surface area contributed by atoms with Crippen LogP contribution in [0.1, 0.15) is 21.9 Å². The Morgan fingerprint density at radius 2 is 2.31 bits per heavy atom. The molecule has 2 aromatic rings. The van der Waals surface area contributed by atoms with Crippen LogP contribution in [0.3, 0.4) is 0 Å². The number of aromatic amines is 1. The van der Waals surface area contributed by atoms with E-state index < -0.39 is 0 Å². The van der Waals surface area contributed by atoms with Gasteiger partial charge in [0.15, 0.2) is 0 Å². The van der Waals surface area contributed by atoms with Crippen molar-refractivity contribution in [3.8, 4) is 0 Å². The van der Waals surface area contributed by atoms with Crippen molar-refractivity contribution in [1.82, 2.24) is 20.3 Å². The number of hydrogen-bond acceptors (Lipinski definition) is 3. The standard InChI is InChI=1S/C11H12N4O/c1-8-3-2-4-14-10(8)11(16)15-7-9-12-5-6-13-9/h2-6H,7H2,1H3,(H,12,13)(H,15,16). The molecule has 0 bridgehead atoms. The number of carbonyl (C=O) groups excluding carboxylic acids is 1. The van der Waals surface area contributed by atoms with E-state index in [1.165, 1.54) is 0 Å². The first-order valence-electron chi connectivity index (χ1n) is 4.95. The van der Waals surface area contributed by atoms with Gasteiger partial charge in [0.05, 0.1) is 6.54 Å². The molecule has 0 unspecified atom stereocenters. The molecule has 2 rings (SSSR count). The Bertz CT molecular complexity index is 478. The zero-order valence-electron chi connectivity index (χ0n) is 8.90. The molecule has 5 nitrogen and oxygen atoms in total. The number of imidazole rings is 1. The smallest absolute Gasteiger partial charge is 0.270 e. The number of carbonyl (C=O) groups is 1. The van der Waals surface area contributed by atoms with Crippen LogP contribution in [0.4, 0.5) is 0 Å². The van der Waals surface area contributed by atoms with Crippen LogP contribution in [-0.4, -0.2) is 20.9 Å². The van der Waals surface area contributed by atoms with Crippen LogP contribution < -0.4 is 5.32 Å². The SMILES string of the molecule is Cc1cccnc1C(=O)NCc1ncc[nH]1. The molecule has 0 saturated heterocycles. The molecule has 0 atom stereocenters. The van der Waals surface area contributed by atoms with Crippen LogP contribution in [0.15, 0.2) is 30.7 Å². The third-order valence-electron chi connectivity index (χ3n) is 2.20. The molecule has 0 aliphatic carbocycles. The maximum Gasteiger partial charge on any atom is 0.270 e. The van der Waals surface area contributed by atoms with Gasteiger partial charge in [0.25, 0.3) is 5.91 Å². The van der Waals surface area contributed by atoms with E-state index in [1.54, 1.807) is 24.7 Å². The molecule has 0 spiro atoms. The fraction of sp³-hybridized carbons (Fsp3) is 0.182. The van der Waals surface area contributed by atoms with Crippen LogP contribution in [0.25, 0.3) is 0 Å². The monoisotopic (exact) mass is 216 g/mol. The first-order valence-corrected chi connectivity index (χ1v) is 4.95. The molecule has 0 aliphatic rings. The fourth-order valence-electron chi connectivity index (χ4n) is 1.37. The molecule has 82 valence electrons. The summed E-state index contributed by atoms with van der Waals surface area (Å²) in [4.78, 5) is 22.7. The van der Waals surface area contributed by atoms with Crippen LogP contribution in [0, 0.1) is 6.92 Å². The maximum absolute atomic E-state index is 11.7. The predicted molar refractivity (Wildman–Crippen MR) is 58.7 cm³/mol. The quantitative estimate of drug-likeness (QED) is 0.805. The Morgan fingerprint density at radius 1 is 1.44 bits per heavy atom. The molecule has 0 radical (unpaired) electrons. The van der Waals surface area contributed by atoms with Gasteiger partial charge >= 0.3 is 0 Å². The Kier molecular flexibility index (Phi) is 2.95. The predicted octanol–water partition coefficient (Wildman–Crippen LogP) is 1.04. The van der Waals surface area contributed by atoms with Gasteiger partial charge in [-0.15, -0.1) is 0 Å². The van der Waals surface area contributed by atoms with Gasteiger partial charge in [0, 0.05) is 18.6 Å². The van der Waals surface area contributed by atoms with Crippen molar-refractivity contribution < 1.29 is 4.79 Å². The highest BCUT2D eigenvalue weighted by atomic mass is 16.1. The highest BCUT2D eigenvalue weighted by Crippen LogP contribution is 2.02. The zero-order valence-corrected chi connectivity index (χ0v) is 8.90. The fourth-order valence-corrected chi connectivity index (χ4v) is 1.37. The van der Waals surface area contributed by atoms with Crippen molar-refractivity contribution in [1.29, 1.82) is 0 Å². The molecule has 5 heteroatoms. The van der Waals surface area contributed by atoms with Gasteiger partial charge in [-0.1, -0.05) is 6.07 Å². The molecule has 0 fully saturated rings. The third kappa shape index (κ3) is 2.25. The highest BCUT2D eigenvalue weighted by molar-refractivity contribution is 5.93. The lowest BCUT2D eigenvalue weighted by Gasteiger charge is -2.04. The van der Waals surface area contributed by atoms with Gasteiger partial charge in [-0.25, -0.2) is 4.98 Å². The van der Waals surface area contributed by atoms with E-state index in [4.69, 9.17) is 0 Å². The van der Waals surface area contributed by atoms with Crippen LogP contribution >= 0.6 is 0 Å². The summed E-state index contributed by atoms with van der Waals surface area (Å²) in [7, 11) is 0. The minimum atomic E-state index is -0.186. The number of aryl methyl sites for hydroxylation is 1. The molecule has 0 aromatic carbocycles. The molecule has 2 N–H and O–H groups in total. The number of hydrogen-bond donors (Lipinski definition) is 2. The number of amides is 1. The van der Waals surface area contributed by atoms with Gasteiger partial charge in [0.2, 0.25) is 0 Å². The Morgan fingerprint density at radius 3 is 3.00 bits per heavy atom. The van der Waals surface area contributed by atoms with E-state index in [-0.39, 0.29) is 5.91 Å². The lowest BCUT2D eigenvalue weighted by molar-refractivity contribution is 0.0944. The second kappa shape index (κ2) is 4.57. The van der Waals surface area contributed by atoms with Gasteiger partial charge in [-0.05, 0) is 18.6 Å². The van der Waals surface area contributed by atoms with E-state index in [0.717, 1.165) is 11.4 Å². The van der Waals surface area contributed by atoms with Crippen LogP contribution in [0.5, 0.6) is 0 Å². The largest absolute Gasteiger partial charge is 0.347 e. The first-order chi connectivity index (χ1) is 7.77. The van der Waals surface area contributed by atoms with Crippen LogP contribution in [-0.2, 0) is 6.54 Å². The first kappa shape index (κ1) is 10.4. The Balaban J connectivity index is 2.01. The van der Waals surface area contributed by atoms with Crippen molar-refractivity contribution in [2.45, 2.75) is 13.5 Å². The zero-order chi connectivity index (χ0) is 11.4. The summed E-state index contributed by atoms with van der Waals surface area (Å²) in [5.41, 5.74) is 1.31. The lowest BCUT2D eigenvalue weighted by Crippen LogP contribution is -2.25.